The number of benzene rings is 1. The van der Waals surface area contributed by atoms with E-state index in [1.165, 1.54) is 5.56 Å². The van der Waals surface area contributed by atoms with Crippen molar-refractivity contribution in [3.05, 3.63) is 34.0 Å². The average Bonchev–Trinajstić information content (AvgIpc) is 2.63. The molecule has 0 unspecified atom stereocenters. The number of hydrogen-bond acceptors (Lipinski definition) is 3. The quantitative estimate of drug-likeness (QED) is 0.910. The summed E-state index contributed by atoms with van der Waals surface area (Å²) in [5, 5.41) is 2.90. The summed E-state index contributed by atoms with van der Waals surface area (Å²) in [5.41, 5.74) is 3.17. The molecule has 0 aliphatic rings. The second-order valence-electron chi connectivity index (χ2n) is 3.63. The molecule has 3 nitrogen and oxygen atoms in total. The number of nitrogens with one attached hydrogen (secondary N) is 1. The van der Waals surface area contributed by atoms with Gasteiger partial charge in [-0.05, 0) is 31.5 Å². The predicted molar refractivity (Wildman–Crippen MR) is 68.7 cm³/mol. The van der Waals surface area contributed by atoms with Crippen LogP contribution in [0.4, 0.5) is 6.01 Å². The first-order valence-corrected chi connectivity index (χ1v) is 5.83. The van der Waals surface area contributed by atoms with Gasteiger partial charge in [0.2, 0.25) is 0 Å². The van der Waals surface area contributed by atoms with Crippen molar-refractivity contribution in [1.29, 1.82) is 0 Å². The summed E-state index contributed by atoms with van der Waals surface area (Å²) in [7, 11) is 1.79. The van der Waals surface area contributed by atoms with Gasteiger partial charge < -0.3 is 9.73 Å². The fraction of sp³-hybridized carbons (Fsp3) is 0.250. The van der Waals surface area contributed by atoms with E-state index in [-0.39, 0.29) is 0 Å². The Morgan fingerprint density at radius 1 is 1.31 bits per heavy atom. The first-order valence-electron chi connectivity index (χ1n) is 5.03. The zero-order chi connectivity index (χ0) is 11.7. The summed E-state index contributed by atoms with van der Waals surface area (Å²) < 4.78 is 6.52. The molecule has 0 bridgehead atoms. The van der Waals surface area contributed by atoms with Gasteiger partial charge in [0.05, 0.1) is 0 Å². The number of oxazole rings is 1. The third-order valence-electron chi connectivity index (χ3n) is 2.47. The minimum atomic E-state index is 0.548. The van der Waals surface area contributed by atoms with Crippen molar-refractivity contribution in [1.82, 2.24) is 4.98 Å². The van der Waals surface area contributed by atoms with Crippen LogP contribution in [0.25, 0.3) is 11.3 Å². The summed E-state index contributed by atoms with van der Waals surface area (Å²) in [4.78, 5) is 4.40. The van der Waals surface area contributed by atoms with Gasteiger partial charge in [-0.25, -0.2) is 0 Å². The van der Waals surface area contributed by atoms with Crippen LogP contribution < -0.4 is 5.32 Å². The zero-order valence-electron chi connectivity index (χ0n) is 9.47. The van der Waals surface area contributed by atoms with Gasteiger partial charge in [-0.1, -0.05) is 22.0 Å². The highest BCUT2D eigenvalue weighted by Gasteiger charge is 2.12. The van der Waals surface area contributed by atoms with Crippen LogP contribution in [0, 0.1) is 13.8 Å². The molecule has 0 aliphatic heterocycles. The van der Waals surface area contributed by atoms with E-state index in [9.17, 15) is 0 Å². The maximum atomic E-state index is 5.48. The average molecular weight is 281 g/mol. The summed E-state index contributed by atoms with van der Waals surface area (Å²) in [6, 6.07) is 6.69. The van der Waals surface area contributed by atoms with E-state index in [0.29, 0.717) is 6.01 Å². The van der Waals surface area contributed by atoms with Crippen LogP contribution in [-0.2, 0) is 0 Å². The molecule has 0 saturated heterocycles. The first-order chi connectivity index (χ1) is 7.61. The molecule has 2 aromatic rings. The number of rotatable bonds is 2. The lowest BCUT2D eigenvalue weighted by Gasteiger charge is -2.03. The van der Waals surface area contributed by atoms with Gasteiger partial charge in [-0.15, -0.1) is 0 Å². The highest BCUT2D eigenvalue weighted by molar-refractivity contribution is 9.10. The molecule has 1 aromatic heterocycles. The maximum Gasteiger partial charge on any atom is 0.295 e. The second kappa shape index (κ2) is 4.29. The van der Waals surface area contributed by atoms with E-state index in [2.05, 4.69) is 45.3 Å². The van der Waals surface area contributed by atoms with Gasteiger partial charge in [0, 0.05) is 17.1 Å². The molecule has 16 heavy (non-hydrogen) atoms. The Balaban J connectivity index is 2.57. The molecule has 2 rings (SSSR count). The number of anilines is 1. The third kappa shape index (κ3) is 1.97. The molecule has 0 aliphatic carbocycles. The third-order valence-corrected chi connectivity index (χ3v) is 2.96. The Morgan fingerprint density at radius 3 is 2.69 bits per heavy atom. The van der Waals surface area contributed by atoms with Crippen molar-refractivity contribution in [3.8, 4) is 11.3 Å². The van der Waals surface area contributed by atoms with Gasteiger partial charge in [0.25, 0.3) is 6.01 Å². The van der Waals surface area contributed by atoms with Crippen LogP contribution in [0.1, 0.15) is 11.3 Å². The monoisotopic (exact) mass is 280 g/mol. The molecule has 0 atom stereocenters. The summed E-state index contributed by atoms with van der Waals surface area (Å²) >= 11 is 3.47. The van der Waals surface area contributed by atoms with Gasteiger partial charge in [-0.3, -0.25) is 0 Å². The largest absolute Gasteiger partial charge is 0.428 e. The number of aromatic nitrogens is 1. The van der Waals surface area contributed by atoms with Crippen molar-refractivity contribution in [2.24, 2.45) is 0 Å². The highest BCUT2D eigenvalue weighted by Crippen LogP contribution is 2.30. The van der Waals surface area contributed by atoms with Crippen LogP contribution in [0.5, 0.6) is 0 Å². The van der Waals surface area contributed by atoms with Crippen LogP contribution in [0.3, 0.4) is 0 Å². The minimum absolute atomic E-state index is 0.548. The Kier molecular flexibility index (Phi) is 3.01. The van der Waals surface area contributed by atoms with Gasteiger partial charge in [0.1, 0.15) is 11.5 Å². The molecule has 84 valence electrons. The lowest BCUT2D eigenvalue weighted by molar-refractivity contribution is 0.544. The number of hydrogen-bond donors (Lipinski definition) is 1. The molecule has 1 N–H and O–H groups in total. The molecule has 0 saturated carbocycles. The van der Waals surface area contributed by atoms with Crippen molar-refractivity contribution < 1.29 is 4.42 Å². The fourth-order valence-electron chi connectivity index (χ4n) is 1.60. The van der Waals surface area contributed by atoms with Gasteiger partial charge >= 0.3 is 0 Å². The smallest absolute Gasteiger partial charge is 0.295 e. The Morgan fingerprint density at radius 2 is 2.06 bits per heavy atom. The Labute approximate surface area is 103 Å². The van der Waals surface area contributed by atoms with Crippen LogP contribution in [0.2, 0.25) is 0 Å². The van der Waals surface area contributed by atoms with E-state index < -0.39 is 0 Å². The zero-order valence-corrected chi connectivity index (χ0v) is 11.1. The SMILES string of the molecule is CNc1nc(-c2cc(Br)ccc2C)c(C)o1. The Bertz CT molecular complexity index is 520. The van der Waals surface area contributed by atoms with E-state index in [4.69, 9.17) is 4.42 Å². The van der Waals surface area contributed by atoms with E-state index in [0.717, 1.165) is 21.5 Å². The Hall–Kier alpha value is -1.29. The van der Waals surface area contributed by atoms with Gasteiger partial charge in [0.15, 0.2) is 0 Å². The molecule has 0 fully saturated rings. The fourth-order valence-corrected chi connectivity index (χ4v) is 1.96. The summed E-state index contributed by atoms with van der Waals surface area (Å²) in [6.07, 6.45) is 0. The van der Waals surface area contributed by atoms with E-state index in [1.807, 2.05) is 13.0 Å². The predicted octanol–water partition coefficient (Wildman–Crippen LogP) is 3.76. The molecule has 0 amide bonds. The van der Waals surface area contributed by atoms with Crippen molar-refractivity contribution in [3.63, 3.8) is 0 Å². The van der Waals surface area contributed by atoms with Crippen LogP contribution in [-0.4, -0.2) is 12.0 Å². The molecule has 1 aromatic carbocycles. The normalized spacial score (nSPS) is 10.5. The lowest BCUT2D eigenvalue weighted by atomic mass is 10.1. The maximum absolute atomic E-state index is 5.48. The molecule has 0 radical (unpaired) electrons. The van der Waals surface area contributed by atoms with Crippen molar-refractivity contribution >= 4 is 21.9 Å². The van der Waals surface area contributed by atoms with E-state index in [1.54, 1.807) is 7.05 Å². The lowest BCUT2D eigenvalue weighted by Crippen LogP contribution is -1.88. The number of aryl methyl sites for hydroxylation is 2. The molecule has 0 spiro atoms. The number of halogens is 1. The number of nitrogens with zero attached hydrogens (tertiary/aromatic N) is 1. The van der Waals surface area contributed by atoms with Crippen LogP contribution in [0.15, 0.2) is 27.1 Å². The summed E-state index contributed by atoms with van der Waals surface area (Å²) in [5.74, 6) is 0.825. The van der Waals surface area contributed by atoms with E-state index >= 15 is 0 Å². The second-order valence-corrected chi connectivity index (χ2v) is 4.55. The van der Waals surface area contributed by atoms with Crippen LogP contribution >= 0.6 is 15.9 Å². The van der Waals surface area contributed by atoms with Crippen molar-refractivity contribution in [2.45, 2.75) is 13.8 Å². The molecule has 1 heterocycles. The molecular weight excluding hydrogens is 268 g/mol. The standard InChI is InChI=1S/C12H13BrN2O/c1-7-4-5-9(13)6-10(7)11-8(2)16-12(14-3)15-11/h4-6H,1-3H3,(H,14,15). The summed E-state index contributed by atoms with van der Waals surface area (Å²) in [6.45, 7) is 3.98. The first kappa shape index (κ1) is 11.2. The molecule has 4 heteroatoms. The topological polar surface area (TPSA) is 38.1 Å². The van der Waals surface area contributed by atoms with Crippen molar-refractivity contribution in [2.75, 3.05) is 12.4 Å². The minimum Gasteiger partial charge on any atom is -0.428 e. The molecular formula is C12H13BrN2O. The van der Waals surface area contributed by atoms with Gasteiger partial charge in [-0.2, -0.15) is 4.98 Å². The highest BCUT2D eigenvalue weighted by atomic mass is 79.9.